The van der Waals surface area contributed by atoms with Crippen LogP contribution in [-0.4, -0.2) is 28.7 Å². The first-order chi connectivity index (χ1) is 9.13. The van der Waals surface area contributed by atoms with Crippen LogP contribution in [0.2, 0.25) is 5.02 Å². The van der Waals surface area contributed by atoms with Crippen molar-refractivity contribution in [2.75, 3.05) is 11.9 Å². The largest absolute Gasteiger partial charge is 0.336 e. The van der Waals surface area contributed by atoms with Crippen molar-refractivity contribution in [2.24, 2.45) is 0 Å². The Morgan fingerprint density at radius 2 is 2.21 bits per heavy atom. The van der Waals surface area contributed by atoms with Gasteiger partial charge in [-0.25, -0.2) is 4.39 Å². The van der Waals surface area contributed by atoms with Crippen molar-refractivity contribution in [3.05, 3.63) is 34.6 Å². The third-order valence-electron chi connectivity index (χ3n) is 3.47. The van der Waals surface area contributed by atoms with Crippen LogP contribution < -0.4 is 0 Å². The third kappa shape index (κ3) is 3.48. The van der Waals surface area contributed by atoms with E-state index in [0.717, 1.165) is 31.0 Å². The SMILES string of the molecule is O=C(c1cc(Cl)ccc1F)N(CCCBr)C1CCC1. The van der Waals surface area contributed by atoms with E-state index in [2.05, 4.69) is 15.9 Å². The predicted molar refractivity (Wildman–Crippen MR) is 78.5 cm³/mol. The van der Waals surface area contributed by atoms with Crippen LogP contribution in [0.3, 0.4) is 0 Å². The van der Waals surface area contributed by atoms with E-state index in [1.807, 2.05) is 0 Å². The molecule has 1 fully saturated rings. The average Bonchev–Trinajstić information content (AvgIpc) is 2.34. The fraction of sp³-hybridized carbons (Fsp3) is 0.500. The van der Waals surface area contributed by atoms with E-state index < -0.39 is 5.82 Å². The molecule has 0 atom stereocenters. The Morgan fingerprint density at radius 3 is 2.79 bits per heavy atom. The monoisotopic (exact) mass is 347 g/mol. The van der Waals surface area contributed by atoms with Crippen molar-refractivity contribution in [2.45, 2.75) is 31.7 Å². The zero-order valence-electron chi connectivity index (χ0n) is 10.5. The number of carbonyl (C=O) groups is 1. The Bertz CT molecular complexity index is 465. The van der Waals surface area contributed by atoms with Crippen molar-refractivity contribution in [3.8, 4) is 0 Å². The van der Waals surface area contributed by atoms with Crippen LogP contribution in [0, 0.1) is 5.82 Å². The maximum Gasteiger partial charge on any atom is 0.257 e. The molecule has 0 aliphatic heterocycles. The van der Waals surface area contributed by atoms with Crippen LogP contribution in [0.5, 0.6) is 0 Å². The molecular formula is C14H16BrClFNO. The molecule has 1 amide bonds. The lowest BCUT2D eigenvalue weighted by Crippen LogP contribution is -2.45. The van der Waals surface area contributed by atoms with Crippen LogP contribution in [0.1, 0.15) is 36.0 Å². The number of amides is 1. The summed E-state index contributed by atoms with van der Waals surface area (Å²) in [5, 5.41) is 1.22. The summed E-state index contributed by atoms with van der Waals surface area (Å²) in [5.41, 5.74) is 0.0778. The number of nitrogens with zero attached hydrogens (tertiary/aromatic N) is 1. The van der Waals surface area contributed by atoms with Gasteiger partial charge in [0.25, 0.3) is 5.91 Å². The molecule has 0 heterocycles. The van der Waals surface area contributed by atoms with Gasteiger partial charge in [-0.2, -0.15) is 0 Å². The molecule has 1 aromatic rings. The first-order valence-corrected chi connectivity index (χ1v) is 7.95. The Morgan fingerprint density at radius 1 is 1.47 bits per heavy atom. The summed E-state index contributed by atoms with van der Waals surface area (Å²) in [7, 11) is 0. The van der Waals surface area contributed by atoms with Crippen LogP contribution in [-0.2, 0) is 0 Å². The summed E-state index contributed by atoms with van der Waals surface area (Å²) in [6.07, 6.45) is 4.03. The highest BCUT2D eigenvalue weighted by molar-refractivity contribution is 9.09. The Labute approximate surface area is 126 Å². The molecule has 19 heavy (non-hydrogen) atoms. The first kappa shape index (κ1) is 14.8. The molecule has 104 valence electrons. The molecule has 1 aromatic carbocycles. The van der Waals surface area contributed by atoms with Gasteiger partial charge in [-0.05, 0) is 43.9 Å². The van der Waals surface area contributed by atoms with Gasteiger partial charge in [0.2, 0.25) is 0 Å². The van der Waals surface area contributed by atoms with Gasteiger partial charge in [-0.15, -0.1) is 0 Å². The summed E-state index contributed by atoms with van der Waals surface area (Å²) < 4.78 is 13.8. The zero-order chi connectivity index (χ0) is 13.8. The summed E-state index contributed by atoms with van der Waals surface area (Å²) in [6, 6.07) is 4.38. The van der Waals surface area contributed by atoms with E-state index in [4.69, 9.17) is 11.6 Å². The fourth-order valence-corrected chi connectivity index (χ4v) is 2.62. The number of halogens is 3. The lowest BCUT2D eigenvalue weighted by Gasteiger charge is -2.37. The molecule has 0 radical (unpaired) electrons. The molecule has 1 saturated carbocycles. The highest BCUT2D eigenvalue weighted by atomic mass is 79.9. The maximum absolute atomic E-state index is 13.8. The molecule has 2 rings (SSSR count). The number of carbonyl (C=O) groups excluding carboxylic acids is 1. The number of rotatable bonds is 5. The van der Waals surface area contributed by atoms with Gasteiger partial charge in [0.15, 0.2) is 0 Å². The van der Waals surface area contributed by atoms with Gasteiger partial charge >= 0.3 is 0 Å². The summed E-state index contributed by atoms with van der Waals surface area (Å²) in [5.74, 6) is -0.747. The second-order valence-corrected chi connectivity index (χ2v) is 5.98. The van der Waals surface area contributed by atoms with E-state index in [0.29, 0.717) is 11.6 Å². The fourth-order valence-electron chi connectivity index (χ4n) is 2.19. The van der Waals surface area contributed by atoms with Gasteiger partial charge in [0, 0.05) is 22.9 Å². The van der Waals surface area contributed by atoms with Crippen LogP contribution in [0.4, 0.5) is 4.39 Å². The van der Waals surface area contributed by atoms with E-state index in [1.54, 1.807) is 4.90 Å². The predicted octanol–water partition coefficient (Wildman–Crippen LogP) is 4.26. The van der Waals surface area contributed by atoms with Gasteiger partial charge in [0.1, 0.15) is 5.82 Å². The lowest BCUT2D eigenvalue weighted by atomic mass is 9.90. The highest BCUT2D eigenvalue weighted by Gasteiger charge is 2.30. The zero-order valence-corrected chi connectivity index (χ0v) is 12.9. The molecule has 5 heteroatoms. The minimum absolute atomic E-state index is 0.0778. The van der Waals surface area contributed by atoms with Gasteiger partial charge in [0.05, 0.1) is 5.56 Å². The smallest absolute Gasteiger partial charge is 0.257 e. The van der Waals surface area contributed by atoms with Crippen molar-refractivity contribution in [1.82, 2.24) is 4.90 Å². The number of hydrogen-bond donors (Lipinski definition) is 0. The van der Waals surface area contributed by atoms with Crippen molar-refractivity contribution in [3.63, 3.8) is 0 Å². The van der Waals surface area contributed by atoms with Gasteiger partial charge in [-0.3, -0.25) is 4.79 Å². The van der Waals surface area contributed by atoms with Crippen LogP contribution in [0.25, 0.3) is 0 Å². The van der Waals surface area contributed by atoms with Crippen LogP contribution >= 0.6 is 27.5 Å². The van der Waals surface area contributed by atoms with Crippen molar-refractivity contribution in [1.29, 1.82) is 0 Å². The maximum atomic E-state index is 13.8. The molecule has 0 N–H and O–H groups in total. The van der Waals surface area contributed by atoms with Crippen molar-refractivity contribution >= 4 is 33.4 Å². The molecule has 0 bridgehead atoms. The second-order valence-electron chi connectivity index (χ2n) is 4.75. The molecule has 1 aliphatic carbocycles. The topological polar surface area (TPSA) is 20.3 Å². The lowest BCUT2D eigenvalue weighted by molar-refractivity contribution is 0.0576. The van der Waals surface area contributed by atoms with Crippen LogP contribution in [0.15, 0.2) is 18.2 Å². The average molecular weight is 349 g/mol. The molecule has 0 saturated heterocycles. The van der Waals surface area contributed by atoms with Crippen molar-refractivity contribution < 1.29 is 9.18 Å². The first-order valence-electron chi connectivity index (χ1n) is 6.45. The van der Waals surface area contributed by atoms with E-state index >= 15 is 0 Å². The van der Waals surface area contributed by atoms with E-state index in [-0.39, 0.29) is 17.5 Å². The van der Waals surface area contributed by atoms with E-state index in [9.17, 15) is 9.18 Å². The second kappa shape index (κ2) is 6.71. The Hall–Kier alpha value is -0.610. The summed E-state index contributed by atoms with van der Waals surface area (Å²) in [4.78, 5) is 14.3. The normalized spacial score (nSPS) is 15.1. The quantitative estimate of drug-likeness (QED) is 0.728. The molecule has 0 aromatic heterocycles. The number of benzene rings is 1. The minimum Gasteiger partial charge on any atom is -0.336 e. The summed E-state index contributed by atoms with van der Waals surface area (Å²) in [6.45, 7) is 0.653. The Kier molecular flexibility index (Phi) is 5.22. The highest BCUT2D eigenvalue weighted by Crippen LogP contribution is 2.27. The molecule has 0 unspecified atom stereocenters. The van der Waals surface area contributed by atoms with Gasteiger partial charge < -0.3 is 4.90 Å². The molecule has 2 nitrogen and oxygen atoms in total. The van der Waals surface area contributed by atoms with E-state index in [1.165, 1.54) is 18.2 Å². The minimum atomic E-state index is -0.502. The number of alkyl halides is 1. The molecule has 1 aliphatic rings. The molecule has 0 spiro atoms. The summed E-state index contributed by atoms with van der Waals surface area (Å²) >= 11 is 9.22. The Balaban J connectivity index is 2.19. The standard InChI is InChI=1S/C14H16BrClFNO/c15-7-2-8-18(11-3-1-4-11)14(19)12-9-10(16)5-6-13(12)17/h5-6,9,11H,1-4,7-8H2. The third-order valence-corrected chi connectivity index (χ3v) is 4.26. The molecular weight excluding hydrogens is 333 g/mol. The van der Waals surface area contributed by atoms with Gasteiger partial charge in [-0.1, -0.05) is 27.5 Å². The number of hydrogen-bond acceptors (Lipinski definition) is 1.